The van der Waals surface area contributed by atoms with Gasteiger partial charge in [0.2, 0.25) is 5.88 Å². The molecule has 0 saturated carbocycles. The largest absolute Gasteiger partial charge is 0.378 e. The van der Waals surface area contributed by atoms with E-state index in [1.165, 1.54) is 6.20 Å². The molecule has 1 amide bonds. The van der Waals surface area contributed by atoms with Crippen LogP contribution < -0.4 is 15.8 Å². The molecule has 8 heteroatoms. The van der Waals surface area contributed by atoms with Gasteiger partial charge in [0, 0.05) is 42.0 Å². The van der Waals surface area contributed by atoms with E-state index < -0.39 is 0 Å². The predicted octanol–water partition coefficient (Wildman–Crippen LogP) is 3.13. The molecule has 1 fully saturated rings. The molecule has 2 aromatic carbocycles. The van der Waals surface area contributed by atoms with Crippen LogP contribution in [0.25, 0.3) is 10.8 Å². The van der Waals surface area contributed by atoms with Gasteiger partial charge in [-0.2, -0.15) is 0 Å². The Bertz CT molecular complexity index is 1310. The minimum Gasteiger partial charge on any atom is -0.378 e. The van der Waals surface area contributed by atoms with E-state index in [2.05, 4.69) is 21.4 Å². The van der Waals surface area contributed by atoms with Crippen LogP contribution in [-0.4, -0.2) is 41.9 Å². The van der Waals surface area contributed by atoms with Crippen LogP contribution in [0.4, 0.5) is 11.6 Å². The number of carbonyl (C=O) groups excluding carboxylic acids is 1. The summed E-state index contributed by atoms with van der Waals surface area (Å²) < 4.78 is 12.0. The number of carbonyl (C=O) groups is 1. The molecule has 1 saturated heterocycles. The van der Waals surface area contributed by atoms with Crippen molar-refractivity contribution in [3.05, 3.63) is 88.5 Å². The Morgan fingerprint density at radius 1 is 1.06 bits per heavy atom. The summed E-state index contributed by atoms with van der Waals surface area (Å²) in [5, 5.41) is 7.80. The summed E-state index contributed by atoms with van der Waals surface area (Å²) in [6.07, 6.45) is 3.26. The first-order valence-electron chi connectivity index (χ1n) is 10.4. The molecule has 0 bridgehead atoms. The zero-order valence-corrected chi connectivity index (χ0v) is 17.4. The van der Waals surface area contributed by atoms with Gasteiger partial charge in [0.25, 0.3) is 11.5 Å². The zero-order chi connectivity index (χ0) is 21.9. The van der Waals surface area contributed by atoms with Gasteiger partial charge in [-0.15, -0.1) is 0 Å². The number of morpholine rings is 1. The number of anilines is 2. The first-order chi connectivity index (χ1) is 15.7. The lowest BCUT2D eigenvalue weighted by Gasteiger charge is -2.29. The quantitative estimate of drug-likeness (QED) is 0.523. The summed E-state index contributed by atoms with van der Waals surface area (Å²) in [6.45, 7) is 3.50. The van der Waals surface area contributed by atoms with Crippen LogP contribution in [0.2, 0.25) is 0 Å². The molecular weight excluding hydrogens is 408 g/mol. The molecule has 1 N–H and O–H groups in total. The van der Waals surface area contributed by atoms with Gasteiger partial charge in [-0.05, 0) is 47.3 Å². The van der Waals surface area contributed by atoms with Gasteiger partial charge in [-0.3, -0.25) is 14.9 Å². The molecule has 32 heavy (non-hydrogen) atoms. The monoisotopic (exact) mass is 430 g/mol. The van der Waals surface area contributed by atoms with Crippen LogP contribution in [0.15, 0.2) is 76.3 Å². The van der Waals surface area contributed by atoms with Crippen molar-refractivity contribution in [1.82, 2.24) is 9.72 Å². The summed E-state index contributed by atoms with van der Waals surface area (Å²) in [5.41, 5.74) is 2.36. The van der Waals surface area contributed by atoms with Crippen LogP contribution in [0.5, 0.6) is 0 Å². The van der Waals surface area contributed by atoms with E-state index in [4.69, 9.17) is 9.26 Å². The normalized spacial score (nSPS) is 13.9. The van der Waals surface area contributed by atoms with Crippen molar-refractivity contribution in [2.45, 2.75) is 6.54 Å². The number of fused-ring (bicyclic) bond motifs is 1. The number of pyridine rings is 1. The maximum atomic E-state index is 13.1. The van der Waals surface area contributed by atoms with Gasteiger partial charge in [0.15, 0.2) is 0 Å². The van der Waals surface area contributed by atoms with Crippen molar-refractivity contribution < 1.29 is 14.1 Å². The number of nitrogens with one attached hydrogen (secondary N) is 1. The van der Waals surface area contributed by atoms with Gasteiger partial charge in [0.05, 0.1) is 26.0 Å². The highest BCUT2D eigenvalue weighted by Gasteiger charge is 2.13. The lowest BCUT2D eigenvalue weighted by atomic mass is 10.1. The van der Waals surface area contributed by atoms with Gasteiger partial charge in [-0.1, -0.05) is 17.3 Å². The van der Waals surface area contributed by atoms with Crippen molar-refractivity contribution in [3.63, 3.8) is 0 Å². The Hall–Kier alpha value is -3.91. The highest BCUT2D eigenvalue weighted by Crippen LogP contribution is 2.21. The average Bonchev–Trinajstić information content (AvgIpc) is 3.34. The molecule has 8 nitrogen and oxygen atoms in total. The molecule has 0 spiro atoms. The number of amides is 1. The molecule has 5 rings (SSSR count). The smallest absolute Gasteiger partial charge is 0.258 e. The molecule has 162 valence electrons. The molecule has 0 unspecified atom stereocenters. The second-order valence-corrected chi connectivity index (χ2v) is 7.65. The summed E-state index contributed by atoms with van der Waals surface area (Å²) in [5.74, 6) is -0.0206. The van der Waals surface area contributed by atoms with E-state index in [0.29, 0.717) is 17.5 Å². The van der Waals surface area contributed by atoms with Crippen molar-refractivity contribution in [3.8, 4) is 0 Å². The lowest BCUT2D eigenvalue weighted by molar-refractivity contribution is 0.102. The molecule has 0 radical (unpaired) electrons. The third-order valence-electron chi connectivity index (χ3n) is 5.55. The highest BCUT2D eigenvalue weighted by molar-refractivity contribution is 6.03. The van der Waals surface area contributed by atoms with Crippen molar-refractivity contribution in [2.75, 3.05) is 36.5 Å². The summed E-state index contributed by atoms with van der Waals surface area (Å²) in [4.78, 5) is 27.8. The van der Waals surface area contributed by atoms with Crippen LogP contribution in [0.3, 0.4) is 0 Å². The second-order valence-electron chi connectivity index (χ2n) is 7.65. The maximum Gasteiger partial charge on any atom is 0.258 e. The summed E-state index contributed by atoms with van der Waals surface area (Å²) >= 11 is 0. The van der Waals surface area contributed by atoms with Crippen molar-refractivity contribution in [1.29, 1.82) is 0 Å². The van der Waals surface area contributed by atoms with Gasteiger partial charge >= 0.3 is 0 Å². The fourth-order valence-corrected chi connectivity index (χ4v) is 3.89. The number of hydrogen-bond acceptors (Lipinski definition) is 6. The molecular formula is C24H22N4O4. The Labute approximate surface area is 184 Å². The standard InChI is InChI=1S/C24H22N4O4/c29-23(26-22-6-8-25-32-22)19-3-1-2-17(14-19)16-28-9-7-18-15-20(4-5-21(18)24(28)30)27-10-12-31-13-11-27/h1-9,14-15H,10-13,16H2,(H,26,29). The Morgan fingerprint density at radius 2 is 1.94 bits per heavy atom. The fourth-order valence-electron chi connectivity index (χ4n) is 3.89. The predicted molar refractivity (Wildman–Crippen MR) is 121 cm³/mol. The SMILES string of the molecule is O=C(Nc1ccno1)c1cccc(Cn2ccc3cc(N4CCOCC4)ccc3c2=O)c1. The fraction of sp³-hybridized carbons (Fsp3) is 0.208. The molecule has 1 aliphatic rings. The van der Waals surface area contributed by atoms with Crippen LogP contribution in [-0.2, 0) is 11.3 Å². The number of hydrogen-bond donors (Lipinski definition) is 1. The molecule has 2 aromatic heterocycles. The molecule has 4 aromatic rings. The van der Waals surface area contributed by atoms with Crippen LogP contribution in [0, 0.1) is 0 Å². The zero-order valence-electron chi connectivity index (χ0n) is 17.4. The molecule has 0 aliphatic carbocycles. The Kier molecular flexibility index (Phi) is 5.43. The maximum absolute atomic E-state index is 13.1. The number of aromatic nitrogens is 2. The number of rotatable bonds is 5. The number of benzene rings is 2. The first kappa shape index (κ1) is 20.0. The highest BCUT2D eigenvalue weighted by atomic mass is 16.5. The van der Waals surface area contributed by atoms with E-state index in [0.717, 1.165) is 42.9 Å². The van der Waals surface area contributed by atoms with E-state index >= 15 is 0 Å². The summed E-state index contributed by atoms with van der Waals surface area (Å²) in [7, 11) is 0. The van der Waals surface area contributed by atoms with E-state index in [1.54, 1.807) is 35.0 Å². The van der Waals surface area contributed by atoms with Crippen molar-refractivity contribution in [2.24, 2.45) is 0 Å². The Balaban J connectivity index is 1.37. The van der Waals surface area contributed by atoms with Gasteiger partial charge < -0.3 is 18.7 Å². The molecule has 0 atom stereocenters. The van der Waals surface area contributed by atoms with E-state index in [1.807, 2.05) is 24.3 Å². The van der Waals surface area contributed by atoms with Crippen molar-refractivity contribution >= 4 is 28.3 Å². The van der Waals surface area contributed by atoms with Gasteiger partial charge in [-0.25, -0.2) is 0 Å². The van der Waals surface area contributed by atoms with Gasteiger partial charge in [0.1, 0.15) is 0 Å². The summed E-state index contributed by atoms with van der Waals surface area (Å²) in [6, 6.07) is 16.6. The minimum absolute atomic E-state index is 0.0625. The second kappa shape index (κ2) is 8.68. The van der Waals surface area contributed by atoms with E-state index in [9.17, 15) is 9.59 Å². The average molecular weight is 430 g/mol. The number of nitrogens with zero attached hydrogens (tertiary/aromatic N) is 3. The molecule has 1 aliphatic heterocycles. The Morgan fingerprint density at radius 3 is 2.75 bits per heavy atom. The third kappa shape index (κ3) is 4.13. The van der Waals surface area contributed by atoms with Crippen LogP contribution in [0.1, 0.15) is 15.9 Å². The van der Waals surface area contributed by atoms with E-state index in [-0.39, 0.29) is 17.4 Å². The minimum atomic E-state index is -0.301. The number of ether oxygens (including phenoxy) is 1. The lowest BCUT2D eigenvalue weighted by Crippen LogP contribution is -2.36. The third-order valence-corrected chi connectivity index (χ3v) is 5.55. The van der Waals surface area contributed by atoms with Crippen LogP contribution >= 0.6 is 0 Å². The molecule has 3 heterocycles. The first-order valence-corrected chi connectivity index (χ1v) is 10.4. The topological polar surface area (TPSA) is 89.6 Å².